The summed E-state index contributed by atoms with van der Waals surface area (Å²) in [5.74, 6) is 3.48. The van der Waals surface area contributed by atoms with Gasteiger partial charge in [-0.2, -0.15) is 10.1 Å². The van der Waals surface area contributed by atoms with E-state index in [2.05, 4.69) is 63.9 Å². The average molecular weight is 542 g/mol. The minimum Gasteiger partial charge on any atom is -0.496 e. The van der Waals surface area contributed by atoms with Crippen molar-refractivity contribution >= 4 is 11.5 Å². The van der Waals surface area contributed by atoms with Gasteiger partial charge in [-0.25, -0.2) is 19.5 Å². The largest absolute Gasteiger partial charge is 0.496 e. The minimum atomic E-state index is 0.536. The second-order valence-corrected chi connectivity index (χ2v) is 11.3. The van der Waals surface area contributed by atoms with E-state index in [1.54, 1.807) is 7.11 Å². The van der Waals surface area contributed by atoms with Gasteiger partial charge in [0.1, 0.15) is 11.6 Å². The Labute approximate surface area is 236 Å². The molecule has 1 aromatic carbocycles. The summed E-state index contributed by atoms with van der Waals surface area (Å²) in [5, 5.41) is 4.53. The Kier molecular flexibility index (Phi) is 7.37. The lowest BCUT2D eigenvalue weighted by molar-refractivity contribution is 0.148. The fraction of sp³-hybridized carbons (Fsp3) is 0.500. The van der Waals surface area contributed by atoms with Gasteiger partial charge in [0, 0.05) is 57.2 Å². The summed E-state index contributed by atoms with van der Waals surface area (Å²) in [6.07, 6.45) is 6.00. The molecular formula is C30H39N9O. The van der Waals surface area contributed by atoms with Crippen LogP contribution in [0.3, 0.4) is 0 Å². The Balaban J connectivity index is 1.12. The summed E-state index contributed by atoms with van der Waals surface area (Å²) in [5.41, 5.74) is 6.70. The maximum Gasteiger partial charge on any atom is 0.252 e. The fourth-order valence-corrected chi connectivity index (χ4v) is 6.03. The molecule has 2 saturated heterocycles. The highest BCUT2D eigenvalue weighted by Crippen LogP contribution is 2.31. The lowest BCUT2D eigenvalue weighted by Crippen LogP contribution is -2.43. The van der Waals surface area contributed by atoms with Crippen LogP contribution in [0.5, 0.6) is 5.75 Å². The van der Waals surface area contributed by atoms with E-state index in [1.165, 1.54) is 11.1 Å². The first-order valence-electron chi connectivity index (χ1n) is 14.2. The van der Waals surface area contributed by atoms with E-state index < -0.39 is 0 Å². The molecule has 0 saturated carbocycles. The van der Waals surface area contributed by atoms with Gasteiger partial charge in [0.2, 0.25) is 0 Å². The molecule has 0 bridgehead atoms. The van der Waals surface area contributed by atoms with Gasteiger partial charge >= 0.3 is 0 Å². The predicted octanol–water partition coefficient (Wildman–Crippen LogP) is 3.33. The standard InChI is InChI=1S/C30H39N9O/c1-20-27(21(2)39-30(33-20)34-22(3)35-39)14-24-8-9-38(19-24)25-16-31-29(32-17-25)26-7-6-23(15-28(26)40-5)18-37-12-10-36(4)11-13-37/h6-7,15-17,24H,8-14,18-19H2,1-5H3/t24-/m0/s1. The van der Waals surface area contributed by atoms with Crippen molar-refractivity contribution in [2.45, 2.75) is 40.2 Å². The van der Waals surface area contributed by atoms with Crippen LogP contribution in [0.15, 0.2) is 30.6 Å². The van der Waals surface area contributed by atoms with Crippen molar-refractivity contribution in [1.29, 1.82) is 0 Å². The van der Waals surface area contributed by atoms with Crippen molar-refractivity contribution in [3.8, 4) is 17.1 Å². The van der Waals surface area contributed by atoms with Gasteiger partial charge in [0.25, 0.3) is 5.78 Å². The second kappa shape index (κ2) is 11.1. The van der Waals surface area contributed by atoms with Crippen LogP contribution in [0.4, 0.5) is 5.69 Å². The summed E-state index contributed by atoms with van der Waals surface area (Å²) < 4.78 is 7.64. The van der Waals surface area contributed by atoms with Crippen LogP contribution in [0.1, 0.15) is 34.8 Å². The van der Waals surface area contributed by atoms with E-state index >= 15 is 0 Å². The van der Waals surface area contributed by atoms with Crippen LogP contribution in [-0.2, 0) is 13.0 Å². The summed E-state index contributed by atoms with van der Waals surface area (Å²) in [7, 11) is 3.90. The molecule has 3 aromatic heterocycles. The number of likely N-dealkylation sites (N-methyl/N-ethyl adjacent to an activating group) is 1. The Hall–Kier alpha value is -3.63. The molecule has 4 aromatic rings. The van der Waals surface area contributed by atoms with Gasteiger partial charge in [-0.05, 0) is 69.8 Å². The van der Waals surface area contributed by atoms with Crippen LogP contribution < -0.4 is 9.64 Å². The van der Waals surface area contributed by atoms with Gasteiger partial charge in [0.05, 0.1) is 30.8 Å². The molecular weight excluding hydrogens is 502 g/mol. The molecule has 2 aliphatic heterocycles. The van der Waals surface area contributed by atoms with Crippen molar-refractivity contribution in [2.75, 3.05) is 58.3 Å². The maximum atomic E-state index is 5.76. The monoisotopic (exact) mass is 541 g/mol. The van der Waals surface area contributed by atoms with Crippen LogP contribution in [0, 0.1) is 26.7 Å². The Morgan fingerprint density at radius 1 is 0.975 bits per heavy atom. The number of anilines is 1. The molecule has 10 heteroatoms. The third kappa shape index (κ3) is 5.38. The Bertz CT molecular complexity index is 1490. The molecule has 5 heterocycles. The molecule has 10 nitrogen and oxygen atoms in total. The van der Waals surface area contributed by atoms with Crippen LogP contribution in [0.2, 0.25) is 0 Å². The van der Waals surface area contributed by atoms with Crippen molar-refractivity contribution in [2.24, 2.45) is 5.92 Å². The number of nitrogens with zero attached hydrogens (tertiary/aromatic N) is 9. The van der Waals surface area contributed by atoms with E-state index in [-0.39, 0.29) is 0 Å². The molecule has 6 rings (SSSR count). The molecule has 2 aliphatic rings. The van der Waals surface area contributed by atoms with E-state index in [1.807, 2.05) is 23.8 Å². The summed E-state index contributed by atoms with van der Waals surface area (Å²) in [6, 6.07) is 6.40. The predicted molar refractivity (Wildman–Crippen MR) is 156 cm³/mol. The highest BCUT2D eigenvalue weighted by atomic mass is 16.5. The first-order valence-corrected chi connectivity index (χ1v) is 14.2. The van der Waals surface area contributed by atoms with E-state index in [0.717, 1.165) is 92.9 Å². The molecule has 40 heavy (non-hydrogen) atoms. The van der Waals surface area contributed by atoms with Crippen LogP contribution in [0.25, 0.3) is 17.2 Å². The number of ether oxygens (including phenoxy) is 1. The zero-order chi connectivity index (χ0) is 27.8. The van der Waals surface area contributed by atoms with Gasteiger partial charge in [0.15, 0.2) is 5.82 Å². The molecule has 0 radical (unpaired) electrons. The zero-order valence-electron chi connectivity index (χ0n) is 24.3. The fourth-order valence-electron chi connectivity index (χ4n) is 6.03. The van der Waals surface area contributed by atoms with E-state index in [9.17, 15) is 0 Å². The molecule has 0 spiro atoms. The number of rotatable bonds is 7. The number of hydrogen-bond acceptors (Lipinski definition) is 9. The Morgan fingerprint density at radius 2 is 1.75 bits per heavy atom. The van der Waals surface area contributed by atoms with Crippen molar-refractivity contribution < 1.29 is 4.74 Å². The van der Waals surface area contributed by atoms with Crippen LogP contribution >= 0.6 is 0 Å². The quantitative estimate of drug-likeness (QED) is 0.350. The summed E-state index contributed by atoms with van der Waals surface area (Å²) in [6.45, 7) is 13.4. The number of aromatic nitrogens is 6. The maximum absolute atomic E-state index is 5.76. The third-order valence-electron chi connectivity index (χ3n) is 8.45. The van der Waals surface area contributed by atoms with Crippen molar-refractivity contribution in [1.82, 2.24) is 39.3 Å². The van der Waals surface area contributed by atoms with Crippen LogP contribution in [-0.4, -0.2) is 92.8 Å². The molecule has 0 N–H and O–H groups in total. The highest BCUT2D eigenvalue weighted by molar-refractivity contribution is 5.65. The first kappa shape index (κ1) is 26.6. The molecule has 0 unspecified atom stereocenters. The first-order chi connectivity index (χ1) is 19.4. The number of benzene rings is 1. The smallest absolute Gasteiger partial charge is 0.252 e. The Morgan fingerprint density at radius 3 is 2.50 bits per heavy atom. The molecule has 210 valence electrons. The number of methoxy groups -OCH3 is 1. The molecule has 0 aliphatic carbocycles. The lowest BCUT2D eigenvalue weighted by atomic mass is 9.96. The average Bonchev–Trinajstić information content (AvgIpc) is 3.58. The van der Waals surface area contributed by atoms with Gasteiger partial charge in [-0.3, -0.25) is 4.90 Å². The highest BCUT2D eigenvalue weighted by Gasteiger charge is 2.26. The van der Waals surface area contributed by atoms with Gasteiger partial charge < -0.3 is 14.5 Å². The topological polar surface area (TPSA) is 87.8 Å². The van der Waals surface area contributed by atoms with Crippen molar-refractivity contribution in [3.05, 3.63) is 58.9 Å². The third-order valence-corrected chi connectivity index (χ3v) is 8.45. The molecule has 2 fully saturated rings. The number of fused-ring (bicyclic) bond motifs is 1. The number of piperazine rings is 1. The summed E-state index contributed by atoms with van der Waals surface area (Å²) >= 11 is 0. The molecule has 0 amide bonds. The zero-order valence-corrected chi connectivity index (χ0v) is 24.3. The second-order valence-electron chi connectivity index (χ2n) is 11.3. The van der Waals surface area contributed by atoms with Gasteiger partial charge in [-0.1, -0.05) is 6.07 Å². The number of aryl methyl sites for hydroxylation is 3. The molecule has 1 atom stereocenters. The van der Waals surface area contributed by atoms with Gasteiger partial charge in [-0.15, -0.1) is 0 Å². The summed E-state index contributed by atoms with van der Waals surface area (Å²) in [4.78, 5) is 25.9. The van der Waals surface area contributed by atoms with E-state index in [0.29, 0.717) is 17.5 Å². The lowest BCUT2D eigenvalue weighted by Gasteiger charge is -2.32. The number of hydrogen-bond donors (Lipinski definition) is 0. The minimum absolute atomic E-state index is 0.536. The van der Waals surface area contributed by atoms with Crippen molar-refractivity contribution in [3.63, 3.8) is 0 Å². The SMILES string of the molecule is COc1cc(CN2CCN(C)CC2)ccc1-c1ncc(N2CC[C@@H](Cc3c(C)nc4nc(C)nn4c3C)C2)cn1. The normalized spacial score (nSPS) is 18.6. The van der Waals surface area contributed by atoms with E-state index in [4.69, 9.17) is 19.7 Å².